The molecule has 0 fully saturated rings. The van der Waals surface area contributed by atoms with Crippen molar-refractivity contribution in [2.45, 2.75) is 84.8 Å². The van der Waals surface area contributed by atoms with Crippen molar-refractivity contribution >= 4 is 0 Å². The monoisotopic (exact) mass is 287 g/mol. The molecule has 0 saturated heterocycles. The van der Waals surface area contributed by atoms with Crippen LogP contribution in [0.1, 0.15) is 78.6 Å². The predicted octanol–water partition coefficient (Wildman–Crippen LogP) is 4.49. The Hall–Kier alpha value is -0.120. The molecule has 0 aliphatic carbocycles. The Morgan fingerprint density at radius 3 is 1.90 bits per heavy atom. The molecule has 1 unspecified atom stereocenters. The van der Waals surface area contributed by atoms with Gasteiger partial charge in [-0.2, -0.15) is 0 Å². The Bertz CT molecular complexity index is 182. The first kappa shape index (κ1) is 19.9. The molecule has 0 amide bonds. The van der Waals surface area contributed by atoms with Gasteiger partial charge in [0.2, 0.25) is 0 Å². The highest BCUT2D eigenvalue weighted by molar-refractivity contribution is 4.60. The molecule has 0 spiro atoms. The minimum atomic E-state index is 0.00804. The molecule has 0 aromatic heterocycles. The fourth-order valence-corrected chi connectivity index (χ4v) is 2.76. The molecule has 122 valence electrons. The van der Waals surface area contributed by atoms with Gasteiger partial charge >= 0.3 is 0 Å². The van der Waals surface area contributed by atoms with E-state index in [-0.39, 0.29) is 6.29 Å². The number of nitrogens with two attached hydrogens (primary N) is 1. The highest BCUT2D eigenvalue weighted by Gasteiger charge is 2.09. The maximum Gasteiger partial charge on any atom is 0.157 e. The van der Waals surface area contributed by atoms with E-state index < -0.39 is 0 Å². The number of unbranched alkanes of at least 4 members (excludes halogenated alkanes) is 2. The maximum absolute atomic E-state index is 5.61. The van der Waals surface area contributed by atoms with Gasteiger partial charge in [-0.1, -0.05) is 39.0 Å². The zero-order chi connectivity index (χ0) is 15.1. The fourth-order valence-electron chi connectivity index (χ4n) is 2.76. The molecule has 2 N–H and O–H groups in total. The summed E-state index contributed by atoms with van der Waals surface area (Å²) < 4.78 is 11.1. The molecule has 0 saturated carbocycles. The van der Waals surface area contributed by atoms with Crippen molar-refractivity contribution in [3.05, 3.63) is 0 Å². The summed E-state index contributed by atoms with van der Waals surface area (Å²) >= 11 is 0. The van der Waals surface area contributed by atoms with E-state index >= 15 is 0 Å². The first-order valence-electron chi connectivity index (χ1n) is 8.71. The van der Waals surface area contributed by atoms with Gasteiger partial charge in [0.1, 0.15) is 0 Å². The van der Waals surface area contributed by atoms with Crippen molar-refractivity contribution in [1.82, 2.24) is 0 Å². The Kier molecular flexibility index (Phi) is 15.2. The van der Waals surface area contributed by atoms with Gasteiger partial charge in [-0.25, -0.2) is 0 Å². The average molecular weight is 287 g/mol. The molecule has 1 atom stereocenters. The highest BCUT2D eigenvalue weighted by atomic mass is 16.7. The Labute approximate surface area is 126 Å². The van der Waals surface area contributed by atoms with Crippen LogP contribution >= 0.6 is 0 Å². The SMILES string of the molecule is CCCC(CCCN)CCCCCC(OCC)OCC. The summed E-state index contributed by atoms with van der Waals surface area (Å²) in [5.74, 6) is 0.887. The molecular weight excluding hydrogens is 250 g/mol. The van der Waals surface area contributed by atoms with Gasteiger partial charge in [-0.3, -0.25) is 0 Å². The van der Waals surface area contributed by atoms with E-state index in [1.807, 2.05) is 13.8 Å². The molecule has 0 aliphatic rings. The minimum Gasteiger partial charge on any atom is -0.353 e. The number of ether oxygens (including phenoxy) is 2. The molecule has 0 heterocycles. The molecule has 0 aromatic rings. The first-order valence-corrected chi connectivity index (χ1v) is 8.71. The fraction of sp³-hybridized carbons (Fsp3) is 1.00. The van der Waals surface area contributed by atoms with Crippen LogP contribution in [0.3, 0.4) is 0 Å². The van der Waals surface area contributed by atoms with E-state index in [9.17, 15) is 0 Å². The zero-order valence-electron chi connectivity index (χ0n) is 14.0. The van der Waals surface area contributed by atoms with Gasteiger partial charge in [-0.15, -0.1) is 0 Å². The highest BCUT2D eigenvalue weighted by Crippen LogP contribution is 2.21. The second-order valence-corrected chi connectivity index (χ2v) is 5.56. The summed E-state index contributed by atoms with van der Waals surface area (Å²) in [6.45, 7) is 8.65. The lowest BCUT2D eigenvalue weighted by molar-refractivity contribution is -0.140. The molecule has 20 heavy (non-hydrogen) atoms. The summed E-state index contributed by atoms with van der Waals surface area (Å²) in [6.07, 6.45) is 11.4. The maximum atomic E-state index is 5.61. The lowest BCUT2D eigenvalue weighted by Crippen LogP contribution is -2.17. The Morgan fingerprint density at radius 2 is 1.35 bits per heavy atom. The summed E-state index contributed by atoms with van der Waals surface area (Å²) in [6, 6.07) is 0. The van der Waals surface area contributed by atoms with Crippen LogP contribution in [-0.4, -0.2) is 26.0 Å². The summed E-state index contributed by atoms with van der Waals surface area (Å²) in [5.41, 5.74) is 5.61. The topological polar surface area (TPSA) is 44.5 Å². The van der Waals surface area contributed by atoms with Gasteiger partial charge in [0.25, 0.3) is 0 Å². The minimum absolute atomic E-state index is 0.00804. The second-order valence-electron chi connectivity index (χ2n) is 5.56. The first-order chi connectivity index (χ1) is 9.78. The van der Waals surface area contributed by atoms with Crippen molar-refractivity contribution in [2.75, 3.05) is 19.8 Å². The van der Waals surface area contributed by atoms with E-state index in [2.05, 4.69) is 6.92 Å². The van der Waals surface area contributed by atoms with E-state index in [4.69, 9.17) is 15.2 Å². The molecule has 3 heteroatoms. The number of hydrogen-bond donors (Lipinski definition) is 1. The van der Waals surface area contributed by atoms with Gasteiger partial charge < -0.3 is 15.2 Å². The van der Waals surface area contributed by atoms with Crippen molar-refractivity contribution in [3.8, 4) is 0 Å². The van der Waals surface area contributed by atoms with Gasteiger partial charge in [-0.05, 0) is 52.0 Å². The Morgan fingerprint density at radius 1 is 0.750 bits per heavy atom. The summed E-state index contributed by atoms with van der Waals surface area (Å²) in [4.78, 5) is 0. The standard InChI is InChI=1S/C17H37NO2/c1-4-11-16(13-10-15-18)12-8-7-9-14-17(19-5-2)20-6-3/h16-17H,4-15,18H2,1-3H3. The van der Waals surface area contributed by atoms with E-state index in [1.165, 1.54) is 51.4 Å². The van der Waals surface area contributed by atoms with Crippen LogP contribution in [0.5, 0.6) is 0 Å². The summed E-state index contributed by atoms with van der Waals surface area (Å²) in [7, 11) is 0. The molecule has 0 aromatic carbocycles. The van der Waals surface area contributed by atoms with Crippen LogP contribution in [0.25, 0.3) is 0 Å². The lowest BCUT2D eigenvalue weighted by atomic mass is 9.92. The van der Waals surface area contributed by atoms with Crippen LogP contribution in [0, 0.1) is 5.92 Å². The van der Waals surface area contributed by atoms with Gasteiger partial charge in [0.05, 0.1) is 0 Å². The third-order valence-electron chi connectivity index (χ3n) is 3.77. The smallest absolute Gasteiger partial charge is 0.157 e. The lowest BCUT2D eigenvalue weighted by Gasteiger charge is -2.18. The van der Waals surface area contributed by atoms with E-state index in [0.717, 1.165) is 32.1 Å². The van der Waals surface area contributed by atoms with Crippen molar-refractivity contribution < 1.29 is 9.47 Å². The van der Waals surface area contributed by atoms with Crippen LogP contribution in [0.4, 0.5) is 0 Å². The van der Waals surface area contributed by atoms with Crippen molar-refractivity contribution in [3.63, 3.8) is 0 Å². The van der Waals surface area contributed by atoms with Gasteiger partial charge in [0.15, 0.2) is 6.29 Å². The molecular formula is C17H37NO2. The summed E-state index contributed by atoms with van der Waals surface area (Å²) in [5, 5.41) is 0. The predicted molar refractivity (Wildman–Crippen MR) is 86.8 cm³/mol. The molecule has 3 nitrogen and oxygen atoms in total. The molecule has 0 rings (SSSR count). The van der Waals surface area contributed by atoms with E-state index in [0.29, 0.717) is 0 Å². The van der Waals surface area contributed by atoms with Crippen LogP contribution in [-0.2, 0) is 9.47 Å². The van der Waals surface area contributed by atoms with E-state index in [1.54, 1.807) is 0 Å². The molecule has 0 aliphatic heterocycles. The molecule has 0 bridgehead atoms. The third-order valence-corrected chi connectivity index (χ3v) is 3.77. The average Bonchev–Trinajstić information content (AvgIpc) is 2.44. The Balaban J connectivity index is 3.64. The van der Waals surface area contributed by atoms with Crippen molar-refractivity contribution in [2.24, 2.45) is 11.7 Å². The van der Waals surface area contributed by atoms with Crippen LogP contribution in [0.15, 0.2) is 0 Å². The number of hydrogen-bond acceptors (Lipinski definition) is 3. The zero-order valence-corrected chi connectivity index (χ0v) is 14.0. The van der Waals surface area contributed by atoms with Gasteiger partial charge in [0, 0.05) is 13.2 Å². The second kappa shape index (κ2) is 15.3. The third kappa shape index (κ3) is 11.7. The van der Waals surface area contributed by atoms with Crippen LogP contribution in [0.2, 0.25) is 0 Å². The van der Waals surface area contributed by atoms with Crippen molar-refractivity contribution in [1.29, 1.82) is 0 Å². The normalized spacial score (nSPS) is 13.1. The largest absolute Gasteiger partial charge is 0.353 e. The number of rotatable bonds is 15. The molecule has 0 radical (unpaired) electrons. The van der Waals surface area contributed by atoms with Crippen LogP contribution < -0.4 is 5.73 Å². The quantitative estimate of drug-likeness (QED) is 0.356.